The largest absolute Gasteiger partial charge is 0.396 e. The topological polar surface area (TPSA) is 37.3 Å². The maximum atomic E-state index is 13.2. The van der Waals surface area contributed by atoms with Gasteiger partial charge < -0.3 is 9.90 Å². The van der Waals surface area contributed by atoms with E-state index in [1.165, 1.54) is 0 Å². The fourth-order valence-electron chi connectivity index (χ4n) is 2.29. The Bertz CT molecular complexity index is 654. The van der Waals surface area contributed by atoms with Crippen LogP contribution in [-0.4, -0.2) is 18.0 Å². The normalized spacial score (nSPS) is 10.0. The molecule has 0 amide bonds. The minimum Gasteiger partial charge on any atom is -0.396 e. The van der Waals surface area contributed by atoms with Gasteiger partial charge in [0.15, 0.2) is 0 Å². The Labute approximate surface area is 142 Å². The summed E-state index contributed by atoms with van der Waals surface area (Å²) in [5.74, 6) is -0.315. The number of aldehydes is 1. The Kier molecular flexibility index (Phi) is 8.87. The molecule has 0 saturated heterocycles. The molecule has 2 nitrogen and oxygen atoms in total. The molecule has 0 aliphatic rings. The van der Waals surface area contributed by atoms with Crippen LogP contribution in [0.3, 0.4) is 0 Å². The molecule has 24 heavy (non-hydrogen) atoms. The highest BCUT2D eigenvalue weighted by Gasteiger charge is 2.03. The van der Waals surface area contributed by atoms with E-state index >= 15 is 0 Å². The van der Waals surface area contributed by atoms with Crippen LogP contribution in [-0.2, 0) is 17.6 Å². The maximum Gasteiger partial charge on any atom is 0.129 e. The van der Waals surface area contributed by atoms with Crippen molar-refractivity contribution in [2.45, 2.75) is 39.5 Å². The third-order valence-electron chi connectivity index (χ3n) is 3.68. The highest BCUT2D eigenvalue weighted by Crippen LogP contribution is 2.13. The van der Waals surface area contributed by atoms with Crippen LogP contribution in [0, 0.1) is 25.5 Å². The first-order chi connectivity index (χ1) is 11.5. The Morgan fingerprint density at radius 3 is 1.88 bits per heavy atom. The van der Waals surface area contributed by atoms with Gasteiger partial charge in [-0.2, -0.15) is 0 Å². The van der Waals surface area contributed by atoms with E-state index < -0.39 is 0 Å². The predicted octanol–water partition coefficient (Wildman–Crippen LogP) is 4.32. The molecule has 0 unspecified atom stereocenters. The molecule has 0 spiro atoms. The Morgan fingerprint density at radius 1 is 0.917 bits per heavy atom. The first kappa shape index (κ1) is 20.0. The summed E-state index contributed by atoms with van der Waals surface area (Å²) < 4.78 is 26.5. The third-order valence-corrected chi connectivity index (χ3v) is 3.68. The number of rotatable bonds is 6. The van der Waals surface area contributed by atoms with Gasteiger partial charge in [-0.15, -0.1) is 0 Å². The van der Waals surface area contributed by atoms with Gasteiger partial charge in [0.05, 0.1) is 0 Å². The summed E-state index contributed by atoms with van der Waals surface area (Å²) in [4.78, 5) is 10.1. The number of hydrogen-bond acceptors (Lipinski definition) is 2. The minimum atomic E-state index is -0.181. The Hall–Kier alpha value is -2.07. The number of hydrogen-bond donors (Lipinski definition) is 1. The Morgan fingerprint density at radius 2 is 1.42 bits per heavy atom. The lowest BCUT2D eigenvalue weighted by molar-refractivity contribution is -0.107. The summed E-state index contributed by atoms with van der Waals surface area (Å²) in [6.45, 7) is 3.59. The van der Waals surface area contributed by atoms with Gasteiger partial charge in [0.25, 0.3) is 0 Å². The standard InChI is InChI=1S/C10H13FO.C10H11FO/c2*1-8-4-2-5-9(10(8)11)6-3-7-12/h2,4-5,12H,3,6-7H2,1H3;2,4-5,7H,3,6H2,1H3. The summed E-state index contributed by atoms with van der Waals surface area (Å²) in [5, 5.41) is 8.57. The molecule has 0 aliphatic carbocycles. The van der Waals surface area contributed by atoms with E-state index in [1.807, 2.05) is 6.07 Å². The van der Waals surface area contributed by atoms with Crippen LogP contribution in [0.4, 0.5) is 8.78 Å². The average molecular weight is 334 g/mol. The molecule has 0 bridgehead atoms. The molecule has 2 aromatic rings. The minimum absolute atomic E-state index is 0.118. The fourth-order valence-corrected chi connectivity index (χ4v) is 2.29. The zero-order valence-electron chi connectivity index (χ0n) is 14.2. The van der Waals surface area contributed by atoms with E-state index in [2.05, 4.69) is 0 Å². The van der Waals surface area contributed by atoms with Crippen LogP contribution in [0.5, 0.6) is 0 Å². The van der Waals surface area contributed by atoms with Crippen LogP contribution in [0.15, 0.2) is 36.4 Å². The predicted molar refractivity (Wildman–Crippen MR) is 92.1 cm³/mol. The molecule has 0 aromatic heterocycles. The number of halogens is 2. The van der Waals surface area contributed by atoms with E-state index in [9.17, 15) is 13.6 Å². The van der Waals surface area contributed by atoms with Crippen LogP contribution in [0.25, 0.3) is 0 Å². The molecule has 0 saturated carbocycles. The van der Waals surface area contributed by atoms with Crippen LogP contribution < -0.4 is 0 Å². The first-order valence-corrected chi connectivity index (χ1v) is 8.03. The molecular formula is C20H24F2O2. The average Bonchev–Trinajstić information content (AvgIpc) is 2.58. The number of aliphatic hydroxyl groups excluding tert-OH is 1. The second-order valence-corrected chi connectivity index (χ2v) is 5.63. The molecule has 4 heteroatoms. The Balaban J connectivity index is 0.000000240. The second kappa shape index (κ2) is 10.7. The van der Waals surface area contributed by atoms with Crippen molar-refractivity contribution in [3.05, 3.63) is 70.3 Å². The molecule has 0 fully saturated rings. The summed E-state index contributed by atoms with van der Waals surface area (Å²) in [6.07, 6.45) is 2.93. The van der Waals surface area contributed by atoms with Crippen molar-refractivity contribution in [1.29, 1.82) is 0 Å². The molecule has 2 aromatic carbocycles. The van der Waals surface area contributed by atoms with Crippen molar-refractivity contribution in [2.24, 2.45) is 0 Å². The van der Waals surface area contributed by atoms with Gasteiger partial charge in [0.2, 0.25) is 0 Å². The van der Waals surface area contributed by atoms with E-state index in [-0.39, 0.29) is 18.2 Å². The molecule has 0 radical (unpaired) electrons. The molecule has 2 rings (SSSR count). The number of carbonyl (C=O) groups is 1. The summed E-state index contributed by atoms with van der Waals surface area (Å²) >= 11 is 0. The maximum absolute atomic E-state index is 13.2. The van der Waals surface area contributed by atoms with Crippen LogP contribution >= 0.6 is 0 Å². The lowest BCUT2D eigenvalue weighted by Crippen LogP contribution is -1.95. The SMILES string of the molecule is Cc1cccc(CCC=O)c1F.Cc1cccc(CCCO)c1F. The molecule has 130 valence electrons. The van der Waals surface area contributed by atoms with Gasteiger partial charge in [-0.25, -0.2) is 8.78 Å². The van der Waals surface area contributed by atoms with E-state index in [4.69, 9.17) is 5.11 Å². The van der Waals surface area contributed by atoms with Crippen molar-refractivity contribution in [1.82, 2.24) is 0 Å². The van der Waals surface area contributed by atoms with Crippen LogP contribution in [0.1, 0.15) is 35.1 Å². The second-order valence-electron chi connectivity index (χ2n) is 5.63. The summed E-state index contributed by atoms with van der Waals surface area (Å²) in [7, 11) is 0. The van der Waals surface area contributed by atoms with Crippen LogP contribution in [0.2, 0.25) is 0 Å². The van der Waals surface area contributed by atoms with Gasteiger partial charge in [0.1, 0.15) is 17.9 Å². The third kappa shape index (κ3) is 6.20. The lowest BCUT2D eigenvalue weighted by Gasteiger charge is -2.03. The zero-order chi connectivity index (χ0) is 17.9. The number of aryl methyl sites for hydroxylation is 4. The van der Waals surface area contributed by atoms with Gasteiger partial charge >= 0.3 is 0 Å². The molecular weight excluding hydrogens is 310 g/mol. The first-order valence-electron chi connectivity index (χ1n) is 8.03. The van der Waals surface area contributed by atoms with Gasteiger partial charge in [-0.3, -0.25) is 0 Å². The molecule has 0 heterocycles. The van der Waals surface area contributed by atoms with Crippen molar-refractivity contribution in [3.63, 3.8) is 0 Å². The van der Waals surface area contributed by atoms with Crippen molar-refractivity contribution >= 4 is 6.29 Å². The highest BCUT2D eigenvalue weighted by molar-refractivity contribution is 5.50. The van der Waals surface area contributed by atoms with Gasteiger partial charge in [-0.1, -0.05) is 36.4 Å². The number of aliphatic hydroxyl groups is 1. The molecule has 0 atom stereocenters. The number of benzene rings is 2. The zero-order valence-corrected chi connectivity index (χ0v) is 14.2. The quantitative estimate of drug-likeness (QED) is 0.799. The van der Waals surface area contributed by atoms with Gasteiger partial charge in [-0.05, 0) is 55.4 Å². The summed E-state index contributed by atoms with van der Waals surface area (Å²) in [6, 6.07) is 10.6. The van der Waals surface area contributed by atoms with Crippen molar-refractivity contribution in [3.8, 4) is 0 Å². The number of carbonyl (C=O) groups excluding carboxylic acids is 1. The van der Waals surface area contributed by atoms with Crippen molar-refractivity contribution < 1.29 is 18.7 Å². The fraction of sp³-hybridized carbons (Fsp3) is 0.350. The van der Waals surface area contributed by atoms with E-state index in [0.717, 1.165) is 6.29 Å². The molecule has 1 N–H and O–H groups in total. The summed E-state index contributed by atoms with van der Waals surface area (Å²) in [5.41, 5.74) is 2.63. The van der Waals surface area contributed by atoms with E-state index in [0.29, 0.717) is 47.9 Å². The lowest BCUT2D eigenvalue weighted by atomic mass is 10.1. The highest BCUT2D eigenvalue weighted by atomic mass is 19.1. The smallest absolute Gasteiger partial charge is 0.129 e. The van der Waals surface area contributed by atoms with Crippen molar-refractivity contribution in [2.75, 3.05) is 6.61 Å². The molecule has 0 aliphatic heterocycles. The van der Waals surface area contributed by atoms with Gasteiger partial charge in [0, 0.05) is 13.0 Å². The van der Waals surface area contributed by atoms with E-state index in [1.54, 1.807) is 44.2 Å². The monoisotopic (exact) mass is 334 g/mol.